The van der Waals surface area contributed by atoms with Gasteiger partial charge in [-0.25, -0.2) is 15.0 Å². The first kappa shape index (κ1) is 10.2. The molecule has 0 aliphatic carbocycles. The third-order valence-electron chi connectivity index (χ3n) is 2.03. The number of anilines is 1. The summed E-state index contributed by atoms with van der Waals surface area (Å²) < 4.78 is 0. The van der Waals surface area contributed by atoms with Crippen LogP contribution in [0.1, 0.15) is 16.2 Å². The van der Waals surface area contributed by atoms with Crippen molar-refractivity contribution < 1.29 is 4.79 Å². The van der Waals surface area contributed by atoms with Crippen molar-refractivity contribution in [3.8, 4) is 0 Å². The van der Waals surface area contributed by atoms with Crippen molar-refractivity contribution in [3.05, 3.63) is 48.2 Å². The van der Waals surface area contributed by atoms with Gasteiger partial charge >= 0.3 is 0 Å². The van der Waals surface area contributed by atoms with Crippen LogP contribution in [0.4, 0.5) is 5.82 Å². The topological polar surface area (TPSA) is 81.8 Å². The Labute approximate surface area is 92.4 Å². The highest BCUT2D eigenvalue weighted by Crippen LogP contribution is 2.06. The van der Waals surface area contributed by atoms with E-state index in [1.807, 2.05) is 0 Å². The van der Waals surface area contributed by atoms with Gasteiger partial charge in [-0.1, -0.05) is 0 Å². The smallest absolute Gasteiger partial charge is 0.204 e. The Balaban J connectivity index is 2.14. The fourth-order valence-electron chi connectivity index (χ4n) is 1.31. The lowest BCUT2D eigenvalue weighted by Gasteiger charge is -2.00. The lowest BCUT2D eigenvalue weighted by atomic mass is 10.1. The van der Waals surface area contributed by atoms with Gasteiger partial charge in [-0.2, -0.15) is 0 Å². The second kappa shape index (κ2) is 4.48. The second-order valence-electron chi connectivity index (χ2n) is 3.26. The molecular formula is C11H10N4O. The van der Waals surface area contributed by atoms with Gasteiger partial charge in [0.25, 0.3) is 0 Å². The molecule has 0 aliphatic rings. The minimum absolute atomic E-state index is 0.133. The van der Waals surface area contributed by atoms with E-state index in [-0.39, 0.29) is 18.0 Å². The summed E-state index contributed by atoms with van der Waals surface area (Å²) in [6.45, 7) is 0. The van der Waals surface area contributed by atoms with Crippen LogP contribution in [0.25, 0.3) is 0 Å². The zero-order valence-corrected chi connectivity index (χ0v) is 8.50. The molecule has 0 fully saturated rings. The zero-order chi connectivity index (χ0) is 11.4. The highest BCUT2D eigenvalue weighted by atomic mass is 16.1. The van der Waals surface area contributed by atoms with E-state index in [4.69, 9.17) is 5.73 Å². The molecule has 5 nitrogen and oxygen atoms in total. The summed E-state index contributed by atoms with van der Waals surface area (Å²) in [5, 5.41) is 0. The Kier molecular flexibility index (Phi) is 2.86. The molecule has 0 aromatic carbocycles. The van der Waals surface area contributed by atoms with Gasteiger partial charge in [0.2, 0.25) is 5.78 Å². The molecule has 0 saturated carbocycles. The van der Waals surface area contributed by atoms with Crippen molar-refractivity contribution in [1.82, 2.24) is 15.0 Å². The number of Topliss-reactive ketones (excluding diaryl/α,β-unsaturated/α-hetero) is 1. The van der Waals surface area contributed by atoms with Gasteiger partial charge < -0.3 is 5.73 Å². The van der Waals surface area contributed by atoms with E-state index in [1.54, 1.807) is 36.8 Å². The number of hydrogen-bond acceptors (Lipinski definition) is 5. The predicted molar refractivity (Wildman–Crippen MR) is 58.7 cm³/mol. The lowest BCUT2D eigenvalue weighted by Crippen LogP contribution is -2.08. The molecule has 80 valence electrons. The number of ketones is 1. The van der Waals surface area contributed by atoms with Crippen LogP contribution < -0.4 is 5.73 Å². The van der Waals surface area contributed by atoms with E-state index in [0.29, 0.717) is 5.82 Å². The highest BCUT2D eigenvalue weighted by Gasteiger charge is 2.09. The standard InChI is InChI=1S/C11H10N4O/c12-10-7-8(2-5-13-10)6-9(16)11-14-3-1-4-15-11/h1-5,7H,6H2,(H2,12,13). The molecule has 0 aliphatic heterocycles. The predicted octanol–water partition coefficient (Wildman–Crippen LogP) is 0.879. The van der Waals surface area contributed by atoms with E-state index >= 15 is 0 Å². The first-order valence-electron chi connectivity index (χ1n) is 4.76. The normalized spacial score (nSPS) is 10.0. The molecular weight excluding hydrogens is 204 g/mol. The van der Waals surface area contributed by atoms with Crippen molar-refractivity contribution >= 4 is 11.6 Å². The largest absolute Gasteiger partial charge is 0.384 e. The number of hydrogen-bond donors (Lipinski definition) is 1. The van der Waals surface area contributed by atoms with E-state index in [1.165, 1.54) is 0 Å². The first-order valence-corrected chi connectivity index (χ1v) is 4.76. The molecule has 5 heteroatoms. The molecule has 0 spiro atoms. The third kappa shape index (κ3) is 2.38. The van der Waals surface area contributed by atoms with Crippen LogP contribution in [0.15, 0.2) is 36.8 Å². The van der Waals surface area contributed by atoms with Crippen molar-refractivity contribution in [3.63, 3.8) is 0 Å². The fraction of sp³-hybridized carbons (Fsp3) is 0.0909. The number of carbonyl (C=O) groups excluding carboxylic acids is 1. The zero-order valence-electron chi connectivity index (χ0n) is 8.50. The summed E-state index contributed by atoms with van der Waals surface area (Å²) >= 11 is 0. The molecule has 2 aromatic rings. The number of rotatable bonds is 3. The van der Waals surface area contributed by atoms with Crippen molar-refractivity contribution in [1.29, 1.82) is 0 Å². The van der Waals surface area contributed by atoms with Gasteiger partial charge in [0.1, 0.15) is 5.82 Å². The number of nitrogens with zero attached hydrogens (tertiary/aromatic N) is 3. The Morgan fingerprint density at radius 3 is 2.62 bits per heavy atom. The Morgan fingerprint density at radius 2 is 1.94 bits per heavy atom. The fourth-order valence-corrected chi connectivity index (χ4v) is 1.31. The number of nitrogen functional groups attached to an aromatic ring is 1. The molecule has 16 heavy (non-hydrogen) atoms. The third-order valence-corrected chi connectivity index (χ3v) is 2.03. The number of nitrogens with two attached hydrogens (primary N) is 1. The molecule has 0 saturated heterocycles. The molecule has 2 aromatic heterocycles. The minimum atomic E-state index is -0.133. The summed E-state index contributed by atoms with van der Waals surface area (Å²) in [5.74, 6) is 0.489. The first-order chi connectivity index (χ1) is 7.75. The van der Waals surface area contributed by atoms with Crippen molar-refractivity contribution in [2.75, 3.05) is 5.73 Å². The molecule has 2 heterocycles. The summed E-state index contributed by atoms with van der Waals surface area (Å²) in [7, 11) is 0. The van der Waals surface area contributed by atoms with E-state index in [9.17, 15) is 4.79 Å². The molecule has 0 atom stereocenters. The quantitative estimate of drug-likeness (QED) is 0.767. The molecule has 2 N–H and O–H groups in total. The van der Waals surface area contributed by atoms with Crippen LogP contribution in [-0.2, 0) is 6.42 Å². The van der Waals surface area contributed by atoms with Gasteiger partial charge in [-0.05, 0) is 23.8 Å². The summed E-state index contributed by atoms with van der Waals surface area (Å²) in [5.41, 5.74) is 6.33. The van der Waals surface area contributed by atoms with Gasteiger partial charge in [-0.3, -0.25) is 4.79 Å². The maximum absolute atomic E-state index is 11.7. The minimum Gasteiger partial charge on any atom is -0.384 e. The Hall–Kier alpha value is -2.30. The number of pyridine rings is 1. The SMILES string of the molecule is Nc1cc(CC(=O)c2ncccn2)ccn1. The maximum Gasteiger partial charge on any atom is 0.204 e. The number of carbonyl (C=O) groups is 1. The summed E-state index contributed by atoms with van der Waals surface area (Å²) in [4.78, 5) is 23.4. The Morgan fingerprint density at radius 1 is 1.19 bits per heavy atom. The maximum atomic E-state index is 11.7. The average molecular weight is 214 g/mol. The van der Waals surface area contributed by atoms with Crippen LogP contribution in [0.2, 0.25) is 0 Å². The lowest BCUT2D eigenvalue weighted by molar-refractivity contribution is 0.0983. The number of aromatic nitrogens is 3. The summed E-state index contributed by atoms with van der Waals surface area (Å²) in [6, 6.07) is 5.08. The molecule has 0 radical (unpaired) electrons. The van der Waals surface area contributed by atoms with E-state index in [0.717, 1.165) is 5.56 Å². The van der Waals surface area contributed by atoms with Gasteiger partial charge in [0.15, 0.2) is 5.82 Å². The van der Waals surface area contributed by atoms with Crippen LogP contribution in [0, 0.1) is 0 Å². The van der Waals surface area contributed by atoms with Gasteiger partial charge in [-0.15, -0.1) is 0 Å². The molecule has 0 amide bonds. The monoisotopic (exact) mass is 214 g/mol. The van der Waals surface area contributed by atoms with Crippen molar-refractivity contribution in [2.24, 2.45) is 0 Å². The van der Waals surface area contributed by atoms with Crippen LogP contribution in [-0.4, -0.2) is 20.7 Å². The highest BCUT2D eigenvalue weighted by molar-refractivity contribution is 5.94. The second-order valence-corrected chi connectivity index (χ2v) is 3.26. The van der Waals surface area contributed by atoms with Crippen LogP contribution in [0.3, 0.4) is 0 Å². The average Bonchev–Trinajstić information content (AvgIpc) is 2.30. The van der Waals surface area contributed by atoms with E-state index < -0.39 is 0 Å². The van der Waals surface area contributed by atoms with Gasteiger partial charge in [0.05, 0.1) is 0 Å². The molecule has 0 unspecified atom stereocenters. The summed E-state index contributed by atoms with van der Waals surface area (Å²) in [6.07, 6.45) is 4.89. The molecule has 2 rings (SSSR count). The molecule has 0 bridgehead atoms. The van der Waals surface area contributed by atoms with Crippen molar-refractivity contribution in [2.45, 2.75) is 6.42 Å². The van der Waals surface area contributed by atoms with E-state index in [2.05, 4.69) is 15.0 Å². The van der Waals surface area contributed by atoms with Gasteiger partial charge in [0, 0.05) is 25.0 Å². The van der Waals surface area contributed by atoms with Crippen LogP contribution >= 0.6 is 0 Å². The Bertz CT molecular complexity index is 498. The van der Waals surface area contributed by atoms with Crippen LogP contribution in [0.5, 0.6) is 0 Å².